The van der Waals surface area contributed by atoms with Crippen molar-refractivity contribution < 1.29 is 13.2 Å². The number of benzene rings is 2. The summed E-state index contributed by atoms with van der Waals surface area (Å²) in [5.74, 6) is -0.116. The monoisotopic (exact) mass is 397 g/mol. The van der Waals surface area contributed by atoms with Crippen LogP contribution in [0, 0.1) is 0 Å². The summed E-state index contributed by atoms with van der Waals surface area (Å²) in [7, 11) is -3.11. The summed E-state index contributed by atoms with van der Waals surface area (Å²) in [5, 5.41) is 0.970. The zero-order valence-corrected chi connectivity index (χ0v) is 15.7. The highest BCUT2D eigenvalue weighted by molar-refractivity contribution is 7.91. The van der Waals surface area contributed by atoms with E-state index in [1.807, 2.05) is 6.07 Å². The number of amides is 1. The molecule has 0 unspecified atom stereocenters. The van der Waals surface area contributed by atoms with Gasteiger partial charge in [-0.15, -0.1) is 0 Å². The standard InChI is InChI=1S/C18H17Cl2NO3S/c19-15-7-6-14(17(20)10-15)11-21(16-8-9-25(23,24)12-16)18(22)13-4-2-1-3-5-13/h1-7,10,16H,8-9,11-12H2/t16-/m1/s1. The van der Waals surface area contributed by atoms with Crippen LogP contribution in [-0.2, 0) is 16.4 Å². The molecule has 1 amide bonds. The van der Waals surface area contributed by atoms with E-state index in [1.165, 1.54) is 0 Å². The number of hydrogen-bond acceptors (Lipinski definition) is 3. The fraction of sp³-hybridized carbons (Fsp3) is 0.278. The Morgan fingerprint density at radius 1 is 1.12 bits per heavy atom. The van der Waals surface area contributed by atoms with E-state index in [1.54, 1.807) is 47.4 Å². The third kappa shape index (κ3) is 4.35. The summed E-state index contributed by atoms with van der Waals surface area (Å²) < 4.78 is 23.8. The second kappa shape index (κ2) is 7.36. The minimum atomic E-state index is -3.11. The quantitative estimate of drug-likeness (QED) is 0.787. The lowest BCUT2D eigenvalue weighted by Crippen LogP contribution is -2.40. The highest BCUT2D eigenvalue weighted by Crippen LogP contribution is 2.26. The van der Waals surface area contributed by atoms with E-state index < -0.39 is 9.84 Å². The van der Waals surface area contributed by atoms with Crippen LogP contribution in [0.25, 0.3) is 0 Å². The number of hydrogen-bond donors (Lipinski definition) is 0. The summed E-state index contributed by atoms with van der Waals surface area (Å²) >= 11 is 12.2. The van der Waals surface area contributed by atoms with Crippen molar-refractivity contribution in [3.05, 3.63) is 69.7 Å². The number of sulfone groups is 1. The van der Waals surface area contributed by atoms with Gasteiger partial charge < -0.3 is 4.90 Å². The molecule has 1 saturated heterocycles. The van der Waals surface area contributed by atoms with Gasteiger partial charge in [-0.25, -0.2) is 8.42 Å². The molecule has 0 N–H and O–H groups in total. The van der Waals surface area contributed by atoms with E-state index in [9.17, 15) is 13.2 Å². The molecule has 4 nitrogen and oxygen atoms in total. The molecule has 7 heteroatoms. The first-order valence-electron chi connectivity index (χ1n) is 7.86. The molecule has 3 rings (SSSR count). The minimum absolute atomic E-state index is 0.0171. The average Bonchev–Trinajstić information content (AvgIpc) is 2.94. The van der Waals surface area contributed by atoms with Gasteiger partial charge in [-0.1, -0.05) is 47.5 Å². The first kappa shape index (κ1) is 18.2. The van der Waals surface area contributed by atoms with Gasteiger partial charge in [0, 0.05) is 28.2 Å². The maximum absolute atomic E-state index is 13.0. The minimum Gasteiger partial charge on any atom is -0.330 e. The van der Waals surface area contributed by atoms with E-state index >= 15 is 0 Å². The molecule has 1 heterocycles. The summed E-state index contributed by atoms with van der Waals surface area (Å²) in [6.45, 7) is 0.240. The largest absolute Gasteiger partial charge is 0.330 e. The zero-order chi connectivity index (χ0) is 18.0. The molecule has 1 fully saturated rings. The van der Waals surface area contributed by atoms with Crippen LogP contribution in [0.2, 0.25) is 10.0 Å². The highest BCUT2D eigenvalue weighted by atomic mass is 35.5. The van der Waals surface area contributed by atoms with Crippen LogP contribution in [0.4, 0.5) is 0 Å². The van der Waals surface area contributed by atoms with Gasteiger partial charge in [0.15, 0.2) is 9.84 Å². The third-order valence-corrected chi connectivity index (χ3v) is 6.62. The maximum atomic E-state index is 13.0. The smallest absolute Gasteiger partial charge is 0.254 e. The Kier molecular flexibility index (Phi) is 5.37. The van der Waals surface area contributed by atoms with Crippen molar-refractivity contribution in [2.75, 3.05) is 11.5 Å². The van der Waals surface area contributed by atoms with Gasteiger partial charge in [0.05, 0.1) is 11.5 Å². The number of carbonyl (C=O) groups is 1. The van der Waals surface area contributed by atoms with Crippen molar-refractivity contribution in [3.63, 3.8) is 0 Å². The number of nitrogens with zero attached hydrogens (tertiary/aromatic N) is 1. The van der Waals surface area contributed by atoms with Crippen LogP contribution in [0.3, 0.4) is 0 Å². The molecule has 0 saturated carbocycles. The van der Waals surface area contributed by atoms with Crippen molar-refractivity contribution in [1.29, 1.82) is 0 Å². The molecule has 2 aromatic rings. The van der Waals surface area contributed by atoms with E-state index in [0.29, 0.717) is 22.0 Å². The molecule has 2 aromatic carbocycles. The topological polar surface area (TPSA) is 54.5 Å². The SMILES string of the molecule is O=C(c1ccccc1)N(Cc1ccc(Cl)cc1Cl)[C@@H]1CCS(=O)(=O)C1. The normalized spacial score (nSPS) is 18.9. The number of halogens is 2. The van der Waals surface area contributed by atoms with Gasteiger partial charge >= 0.3 is 0 Å². The molecule has 0 bridgehead atoms. The Morgan fingerprint density at radius 2 is 1.84 bits per heavy atom. The van der Waals surface area contributed by atoms with Crippen LogP contribution in [0.5, 0.6) is 0 Å². The van der Waals surface area contributed by atoms with Crippen LogP contribution in [0.15, 0.2) is 48.5 Å². The van der Waals surface area contributed by atoms with Crippen LogP contribution < -0.4 is 0 Å². The van der Waals surface area contributed by atoms with E-state index in [0.717, 1.165) is 5.56 Å². The van der Waals surface area contributed by atoms with Gasteiger partial charge in [0.2, 0.25) is 0 Å². The fourth-order valence-electron chi connectivity index (χ4n) is 2.97. The predicted molar refractivity (Wildman–Crippen MR) is 99.8 cm³/mol. The molecule has 1 aliphatic rings. The lowest BCUT2D eigenvalue weighted by atomic mass is 10.1. The summed E-state index contributed by atoms with van der Waals surface area (Å²) in [5.41, 5.74) is 1.26. The predicted octanol–water partition coefficient (Wildman–Crippen LogP) is 3.82. The Morgan fingerprint density at radius 3 is 2.44 bits per heavy atom. The molecule has 0 radical (unpaired) electrons. The first-order valence-corrected chi connectivity index (χ1v) is 10.4. The van der Waals surface area contributed by atoms with Crippen LogP contribution >= 0.6 is 23.2 Å². The van der Waals surface area contributed by atoms with Crippen LogP contribution in [0.1, 0.15) is 22.3 Å². The lowest BCUT2D eigenvalue weighted by Gasteiger charge is -2.29. The zero-order valence-electron chi connectivity index (χ0n) is 13.4. The van der Waals surface area contributed by atoms with Crippen molar-refractivity contribution in [3.8, 4) is 0 Å². The van der Waals surface area contributed by atoms with Crippen molar-refractivity contribution in [2.45, 2.75) is 19.0 Å². The van der Waals surface area contributed by atoms with Gasteiger partial charge in [0.1, 0.15) is 0 Å². The third-order valence-electron chi connectivity index (χ3n) is 4.29. The molecular weight excluding hydrogens is 381 g/mol. The van der Waals surface area contributed by atoms with Gasteiger partial charge in [0.25, 0.3) is 5.91 Å². The van der Waals surface area contributed by atoms with E-state index in [2.05, 4.69) is 0 Å². The highest BCUT2D eigenvalue weighted by Gasteiger charge is 2.35. The number of carbonyl (C=O) groups excluding carboxylic acids is 1. The maximum Gasteiger partial charge on any atom is 0.254 e. The molecule has 1 aliphatic heterocycles. The molecule has 25 heavy (non-hydrogen) atoms. The molecule has 0 aliphatic carbocycles. The molecule has 1 atom stereocenters. The Balaban J connectivity index is 1.93. The van der Waals surface area contributed by atoms with Crippen molar-refractivity contribution in [1.82, 2.24) is 4.90 Å². The summed E-state index contributed by atoms with van der Waals surface area (Å²) in [6.07, 6.45) is 0.437. The summed E-state index contributed by atoms with van der Waals surface area (Å²) in [6, 6.07) is 13.6. The second-order valence-corrected chi connectivity index (χ2v) is 9.16. The van der Waals surface area contributed by atoms with E-state index in [-0.39, 0.29) is 30.0 Å². The Labute approximate surface area is 157 Å². The van der Waals surface area contributed by atoms with Gasteiger partial charge in [-0.2, -0.15) is 0 Å². The number of rotatable bonds is 4. The van der Waals surface area contributed by atoms with E-state index in [4.69, 9.17) is 23.2 Å². The van der Waals surface area contributed by atoms with Crippen molar-refractivity contribution >= 4 is 38.9 Å². The van der Waals surface area contributed by atoms with Gasteiger partial charge in [-0.05, 0) is 36.2 Å². The molecule has 0 spiro atoms. The molecule has 132 valence electrons. The lowest BCUT2D eigenvalue weighted by molar-refractivity contribution is 0.0681. The summed E-state index contributed by atoms with van der Waals surface area (Å²) in [4.78, 5) is 14.6. The molecular formula is C18H17Cl2NO3S. The molecule has 0 aromatic heterocycles. The van der Waals surface area contributed by atoms with Crippen molar-refractivity contribution in [2.24, 2.45) is 0 Å². The average molecular weight is 398 g/mol. The second-order valence-electron chi connectivity index (χ2n) is 6.09. The fourth-order valence-corrected chi connectivity index (χ4v) is 5.17. The Hall–Kier alpha value is -1.56. The first-order chi connectivity index (χ1) is 11.9. The Bertz CT molecular complexity index is 884. The van der Waals surface area contributed by atoms with Crippen LogP contribution in [-0.4, -0.2) is 36.8 Å². The van der Waals surface area contributed by atoms with Gasteiger partial charge in [-0.3, -0.25) is 4.79 Å².